The second-order valence-electron chi connectivity index (χ2n) is 3.82. The van der Waals surface area contributed by atoms with Gasteiger partial charge in [-0.3, -0.25) is 4.79 Å². The van der Waals surface area contributed by atoms with Gasteiger partial charge in [-0.05, 0) is 19.2 Å². The summed E-state index contributed by atoms with van der Waals surface area (Å²) in [6.07, 6.45) is 0.111. The minimum Gasteiger partial charge on any atom is -0.435 e. The van der Waals surface area contributed by atoms with E-state index in [0.717, 1.165) is 18.2 Å². The van der Waals surface area contributed by atoms with E-state index in [1.165, 1.54) is 0 Å². The van der Waals surface area contributed by atoms with Crippen molar-refractivity contribution in [2.24, 2.45) is 0 Å². The monoisotopic (exact) mass is 346 g/mol. The molecule has 2 N–H and O–H groups in total. The largest absolute Gasteiger partial charge is 0.435 e. The van der Waals surface area contributed by atoms with E-state index in [1.54, 1.807) is 7.05 Å². The summed E-state index contributed by atoms with van der Waals surface area (Å²) in [5, 5.41) is 5.10. The summed E-state index contributed by atoms with van der Waals surface area (Å²) < 4.78 is 57.0. The Morgan fingerprint density at radius 3 is 2.36 bits per heavy atom. The highest BCUT2D eigenvalue weighted by molar-refractivity contribution is 5.92. The van der Waals surface area contributed by atoms with Crippen molar-refractivity contribution in [2.75, 3.05) is 18.9 Å². The molecule has 0 atom stereocenters. The maximum atomic E-state index is 12.3. The van der Waals surface area contributed by atoms with Crippen molar-refractivity contribution in [3.63, 3.8) is 0 Å². The quantitative estimate of drug-likeness (QED) is 0.711. The lowest BCUT2D eigenvalue weighted by Crippen LogP contribution is -2.19. The highest BCUT2D eigenvalue weighted by atomic mass is 35.5. The van der Waals surface area contributed by atoms with Gasteiger partial charge in [0.05, 0.1) is 5.69 Å². The van der Waals surface area contributed by atoms with E-state index in [0.29, 0.717) is 6.54 Å². The topological polar surface area (TPSA) is 59.6 Å². The van der Waals surface area contributed by atoms with Gasteiger partial charge in [0, 0.05) is 19.0 Å². The molecule has 1 rings (SSSR count). The highest BCUT2D eigenvalue weighted by Gasteiger charge is 2.15. The van der Waals surface area contributed by atoms with Gasteiger partial charge in [-0.25, -0.2) is 0 Å². The standard InChI is InChI=1S/C12H14F4N2O3.ClH/c1-17-5-4-10(19)18-8-3-2-7(20-11(13)14)6-9(8)21-12(15)16;/h2-3,6,11-12,17H,4-5H2,1H3,(H,18,19);1H. The van der Waals surface area contributed by atoms with E-state index in [2.05, 4.69) is 20.1 Å². The molecule has 0 saturated carbocycles. The smallest absolute Gasteiger partial charge is 0.387 e. The van der Waals surface area contributed by atoms with E-state index >= 15 is 0 Å². The third kappa shape index (κ3) is 7.32. The van der Waals surface area contributed by atoms with Gasteiger partial charge in [0.25, 0.3) is 0 Å². The first kappa shape index (κ1) is 20.3. The van der Waals surface area contributed by atoms with Gasteiger partial charge in [0.2, 0.25) is 5.91 Å². The van der Waals surface area contributed by atoms with Crippen molar-refractivity contribution in [3.8, 4) is 11.5 Å². The third-order valence-corrected chi connectivity index (χ3v) is 2.27. The zero-order valence-electron chi connectivity index (χ0n) is 11.4. The first-order valence-electron chi connectivity index (χ1n) is 5.90. The lowest BCUT2D eigenvalue weighted by molar-refractivity contribution is -0.116. The summed E-state index contributed by atoms with van der Waals surface area (Å²) in [7, 11) is 1.65. The number of hydrogen-bond donors (Lipinski definition) is 2. The van der Waals surface area contributed by atoms with Crippen LogP contribution in [0.3, 0.4) is 0 Å². The van der Waals surface area contributed by atoms with Gasteiger partial charge in [-0.15, -0.1) is 12.4 Å². The van der Waals surface area contributed by atoms with Crippen LogP contribution < -0.4 is 20.1 Å². The van der Waals surface area contributed by atoms with Crippen molar-refractivity contribution in [1.29, 1.82) is 0 Å². The molecule has 0 unspecified atom stereocenters. The summed E-state index contributed by atoms with van der Waals surface area (Å²) in [5.41, 5.74) is -0.0574. The van der Waals surface area contributed by atoms with Crippen molar-refractivity contribution in [3.05, 3.63) is 18.2 Å². The molecule has 1 aromatic carbocycles. The Morgan fingerprint density at radius 2 is 1.82 bits per heavy atom. The Hall–Kier alpha value is -1.74. The SMILES string of the molecule is CNCCC(=O)Nc1ccc(OC(F)F)cc1OC(F)F.Cl. The molecule has 1 amide bonds. The molecular formula is C12H15ClF4N2O3. The fraction of sp³-hybridized carbons (Fsp3) is 0.417. The van der Waals surface area contributed by atoms with Gasteiger partial charge in [0.15, 0.2) is 5.75 Å². The molecule has 0 aromatic heterocycles. The fourth-order valence-electron chi connectivity index (χ4n) is 1.43. The van der Waals surface area contributed by atoms with Crippen LogP contribution in [0.1, 0.15) is 6.42 Å². The molecule has 1 aromatic rings. The predicted octanol–water partition coefficient (Wildman–Crippen LogP) is 2.86. The molecular weight excluding hydrogens is 332 g/mol. The molecule has 22 heavy (non-hydrogen) atoms. The van der Waals surface area contributed by atoms with Crippen LogP contribution >= 0.6 is 12.4 Å². The van der Waals surface area contributed by atoms with Crippen molar-refractivity contribution >= 4 is 24.0 Å². The fourth-order valence-corrected chi connectivity index (χ4v) is 1.43. The lowest BCUT2D eigenvalue weighted by atomic mass is 10.2. The second-order valence-corrected chi connectivity index (χ2v) is 3.82. The van der Waals surface area contributed by atoms with E-state index < -0.39 is 24.9 Å². The number of rotatable bonds is 8. The lowest BCUT2D eigenvalue weighted by Gasteiger charge is -2.13. The molecule has 0 aliphatic rings. The number of anilines is 1. The zero-order valence-corrected chi connectivity index (χ0v) is 12.3. The van der Waals surface area contributed by atoms with Crippen LogP contribution in [0.15, 0.2) is 18.2 Å². The molecule has 0 fully saturated rings. The number of nitrogens with one attached hydrogen (secondary N) is 2. The van der Waals surface area contributed by atoms with E-state index in [4.69, 9.17) is 0 Å². The first-order chi connectivity index (χ1) is 9.92. The first-order valence-corrected chi connectivity index (χ1v) is 5.90. The van der Waals surface area contributed by atoms with Crippen LogP contribution in [-0.2, 0) is 4.79 Å². The highest BCUT2D eigenvalue weighted by Crippen LogP contribution is 2.31. The number of amides is 1. The van der Waals surface area contributed by atoms with Gasteiger partial charge in [-0.2, -0.15) is 17.6 Å². The van der Waals surface area contributed by atoms with Crippen LogP contribution in [0, 0.1) is 0 Å². The van der Waals surface area contributed by atoms with Crippen LogP contribution in [0.5, 0.6) is 11.5 Å². The molecule has 126 valence electrons. The molecule has 0 saturated heterocycles. The average Bonchev–Trinajstić information content (AvgIpc) is 2.38. The van der Waals surface area contributed by atoms with Gasteiger partial charge < -0.3 is 20.1 Å². The van der Waals surface area contributed by atoms with Gasteiger partial charge >= 0.3 is 13.2 Å². The zero-order chi connectivity index (χ0) is 15.8. The number of hydrogen-bond acceptors (Lipinski definition) is 4. The Kier molecular flexibility index (Phi) is 9.27. The van der Waals surface area contributed by atoms with Crippen LogP contribution in [0.25, 0.3) is 0 Å². The third-order valence-electron chi connectivity index (χ3n) is 2.27. The number of halogens is 5. The Morgan fingerprint density at radius 1 is 1.18 bits per heavy atom. The molecule has 0 bridgehead atoms. The van der Waals surface area contributed by atoms with E-state index in [9.17, 15) is 22.4 Å². The van der Waals surface area contributed by atoms with Crippen molar-refractivity contribution in [2.45, 2.75) is 19.6 Å². The normalized spacial score (nSPS) is 10.3. The Labute approximate surface area is 130 Å². The van der Waals surface area contributed by atoms with Crippen LogP contribution in [0.2, 0.25) is 0 Å². The molecule has 0 spiro atoms. The molecule has 0 aliphatic heterocycles. The molecule has 0 radical (unpaired) electrons. The Bertz CT molecular complexity index is 478. The molecule has 0 aliphatic carbocycles. The number of carbonyl (C=O) groups excluding carboxylic acids is 1. The summed E-state index contributed by atoms with van der Waals surface area (Å²) in [6, 6.07) is 3.11. The van der Waals surface area contributed by atoms with Crippen LogP contribution in [0.4, 0.5) is 23.2 Å². The number of ether oxygens (including phenoxy) is 2. The van der Waals surface area contributed by atoms with E-state index in [1.807, 2.05) is 0 Å². The number of benzene rings is 1. The Balaban J connectivity index is 0.00000441. The molecule has 0 heterocycles. The summed E-state index contributed by atoms with van der Waals surface area (Å²) in [6.45, 7) is -5.87. The van der Waals surface area contributed by atoms with Crippen LogP contribution in [-0.4, -0.2) is 32.7 Å². The summed E-state index contributed by atoms with van der Waals surface area (Å²) >= 11 is 0. The molecule has 10 heteroatoms. The van der Waals surface area contributed by atoms with Crippen molar-refractivity contribution < 1.29 is 31.8 Å². The minimum absolute atomic E-state index is 0. The predicted molar refractivity (Wildman–Crippen MR) is 74.1 cm³/mol. The minimum atomic E-state index is -3.17. The summed E-state index contributed by atoms with van der Waals surface area (Å²) in [4.78, 5) is 11.5. The number of alkyl halides is 4. The maximum absolute atomic E-state index is 12.3. The molecule has 5 nitrogen and oxygen atoms in total. The second kappa shape index (κ2) is 10.1. The summed E-state index contributed by atoms with van der Waals surface area (Å²) in [5.74, 6) is -1.25. The van der Waals surface area contributed by atoms with Crippen molar-refractivity contribution in [1.82, 2.24) is 5.32 Å². The average molecular weight is 347 g/mol. The van der Waals surface area contributed by atoms with E-state index in [-0.39, 0.29) is 30.3 Å². The van der Waals surface area contributed by atoms with Gasteiger partial charge in [-0.1, -0.05) is 0 Å². The maximum Gasteiger partial charge on any atom is 0.387 e. The van der Waals surface area contributed by atoms with Gasteiger partial charge in [0.1, 0.15) is 5.75 Å². The number of carbonyl (C=O) groups is 1.